The van der Waals surface area contributed by atoms with Gasteiger partial charge in [-0.3, -0.25) is 14.6 Å². The normalized spacial score (nSPS) is 9.61. The molecule has 96 valence electrons. The first kappa shape index (κ1) is 13.9. The summed E-state index contributed by atoms with van der Waals surface area (Å²) in [6, 6.07) is 3.66. The van der Waals surface area contributed by atoms with Crippen molar-refractivity contribution in [1.29, 1.82) is 0 Å². The highest BCUT2D eigenvalue weighted by molar-refractivity contribution is 5.83. The molecule has 0 saturated heterocycles. The molecule has 0 unspecified atom stereocenters. The van der Waals surface area contributed by atoms with E-state index >= 15 is 0 Å². The van der Waals surface area contributed by atoms with Gasteiger partial charge in [0.1, 0.15) is 0 Å². The Morgan fingerprint density at radius 1 is 1.56 bits per heavy atom. The van der Waals surface area contributed by atoms with Crippen LogP contribution in [0.5, 0.6) is 0 Å². The minimum absolute atomic E-state index is 0.0397. The van der Waals surface area contributed by atoms with Crippen molar-refractivity contribution in [3.8, 4) is 0 Å². The van der Waals surface area contributed by atoms with Crippen LogP contribution >= 0.6 is 0 Å². The predicted molar refractivity (Wildman–Crippen MR) is 68.5 cm³/mol. The summed E-state index contributed by atoms with van der Waals surface area (Å²) in [5.41, 5.74) is 0.893. The van der Waals surface area contributed by atoms with Gasteiger partial charge in [0.25, 0.3) is 0 Å². The zero-order valence-corrected chi connectivity index (χ0v) is 10.4. The van der Waals surface area contributed by atoms with Crippen molar-refractivity contribution in [1.82, 2.24) is 15.2 Å². The molecular formula is C13H17N3O2. The summed E-state index contributed by atoms with van der Waals surface area (Å²) in [6.07, 6.45) is 4.94. The second-order valence-corrected chi connectivity index (χ2v) is 3.83. The highest BCUT2D eigenvalue weighted by Gasteiger charge is 2.13. The number of aromatic nitrogens is 1. The lowest BCUT2D eigenvalue weighted by molar-refractivity contribution is -0.134. The van der Waals surface area contributed by atoms with Gasteiger partial charge in [-0.2, -0.15) is 0 Å². The lowest BCUT2D eigenvalue weighted by Crippen LogP contribution is -2.39. The molecule has 0 bridgehead atoms. The third kappa shape index (κ3) is 4.78. The first-order valence-electron chi connectivity index (χ1n) is 5.65. The molecule has 1 aromatic heterocycles. The van der Waals surface area contributed by atoms with Crippen LogP contribution < -0.4 is 5.32 Å². The van der Waals surface area contributed by atoms with Gasteiger partial charge in [0.2, 0.25) is 11.8 Å². The van der Waals surface area contributed by atoms with Crippen LogP contribution in [0.3, 0.4) is 0 Å². The van der Waals surface area contributed by atoms with E-state index in [0.29, 0.717) is 13.1 Å². The quantitative estimate of drug-likeness (QED) is 0.754. The summed E-state index contributed by atoms with van der Waals surface area (Å²) in [5.74, 6) is -0.346. The molecule has 5 nitrogen and oxygen atoms in total. The minimum Gasteiger partial charge on any atom is -0.351 e. The van der Waals surface area contributed by atoms with Crippen molar-refractivity contribution in [2.45, 2.75) is 13.5 Å². The minimum atomic E-state index is -0.200. The molecule has 0 spiro atoms. The smallest absolute Gasteiger partial charge is 0.239 e. The number of amides is 2. The third-order valence-electron chi connectivity index (χ3n) is 2.32. The van der Waals surface area contributed by atoms with Crippen LogP contribution in [0.25, 0.3) is 0 Å². The Bertz CT molecular complexity index is 418. The molecule has 0 atom stereocenters. The van der Waals surface area contributed by atoms with Gasteiger partial charge in [0.15, 0.2) is 0 Å². The van der Waals surface area contributed by atoms with E-state index < -0.39 is 0 Å². The number of nitrogens with zero attached hydrogens (tertiary/aromatic N) is 2. The molecule has 0 radical (unpaired) electrons. The van der Waals surface area contributed by atoms with E-state index in [0.717, 1.165) is 5.56 Å². The van der Waals surface area contributed by atoms with Gasteiger partial charge < -0.3 is 10.2 Å². The molecule has 0 aliphatic heterocycles. The highest BCUT2D eigenvalue weighted by atomic mass is 16.2. The Labute approximate surface area is 107 Å². The van der Waals surface area contributed by atoms with Crippen molar-refractivity contribution in [2.75, 3.05) is 13.1 Å². The molecule has 0 aliphatic rings. The summed E-state index contributed by atoms with van der Waals surface area (Å²) in [4.78, 5) is 28.4. The number of carbonyl (C=O) groups is 2. The fourth-order valence-electron chi connectivity index (χ4n) is 1.41. The molecule has 1 heterocycles. The molecule has 0 aliphatic carbocycles. The summed E-state index contributed by atoms with van der Waals surface area (Å²) in [6.45, 7) is 5.77. The van der Waals surface area contributed by atoms with Crippen molar-refractivity contribution in [3.05, 3.63) is 42.7 Å². The molecule has 0 aromatic carbocycles. The Morgan fingerprint density at radius 3 is 2.89 bits per heavy atom. The van der Waals surface area contributed by atoms with Crippen molar-refractivity contribution in [2.24, 2.45) is 0 Å². The van der Waals surface area contributed by atoms with Gasteiger partial charge in [-0.05, 0) is 11.6 Å². The number of nitrogens with one attached hydrogen (secondary N) is 1. The molecule has 5 heteroatoms. The van der Waals surface area contributed by atoms with Crippen LogP contribution in [0.1, 0.15) is 12.5 Å². The standard InChI is InChI=1S/C13H17N3O2/c1-3-6-15-13(18)10-16(11(2)17)9-12-5-4-7-14-8-12/h3-5,7-8H,1,6,9-10H2,2H3,(H,15,18). The maximum atomic E-state index is 11.5. The van der Waals surface area contributed by atoms with Gasteiger partial charge in [0, 0.05) is 32.4 Å². The van der Waals surface area contributed by atoms with Gasteiger partial charge in [-0.25, -0.2) is 0 Å². The summed E-state index contributed by atoms with van der Waals surface area (Å²) in [5, 5.41) is 2.64. The summed E-state index contributed by atoms with van der Waals surface area (Å²) >= 11 is 0. The van der Waals surface area contributed by atoms with Crippen LogP contribution in [-0.2, 0) is 16.1 Å². The van der Waals surface area contributed by atoms with E-state index in [1.165, 1.54) is 11.8 Å². The van der Waals surface area contributed by atoms with Crippen LogP contribution in [-0.4, -0.2) is 34.8 Å². The maximum Gasteiger partial charge on any atom is 0.239 e. The van der Waals surface area contributed by atoms with E-state index in [1.54, 1.807) is 24.5 Å². The Hall–Kier alpha value is -2.17. The third-order valence-corrected chi connectivity index (χ3v) is 2.32. The fraction of sp³-hybridized carbons (Fsp3) is 0.308. The Balaban J connectivity index is 2.58. The molecule has 1 rings (SSSR count). The molecule has 1 N–H and O–H groups in total. The zero-order chi connectivity index (χ0) is 13.4. The van der Waals surface area contributed by atoms with Crippen LogP contribution in [0, 0.1) is 0 Å². The van der Waals surface area contributed by atoms with Gasteiger partial charge in [-0.1, -0.05) is 12.1 Å². The van der Waals surface area contributed by atoms with Gasteiger partial charge in [-0.15, -0.1) is 6.58 Å². The molecule has 1 aromatic rings. The summed E-state index contributed by atoms with van der Waals surface area (Å²) < 4.78 is 0. The highest BCUT2D eigenvalue weighted by Crippen LogP contribution is 2.02. The first-order chi connectivity index (χ1) is 8.63. The number of hydrogen-bond donors (Lipinski definition) is 1. The Kier molecular flexibility index (Phi) is 5.57. The maximum absolute atomic E-state index is 11.5. The Morgan fingerprint density at radius 2 is 2.33 bits per heavy atom. The molecule has 18 heavy (non-hydrogen) atoms. The van der Waals surface area contributed by atoms with Crippen LogP contribution in [0.4, 0.5) is 0 Å². The van der Waals surface area contributed by atoms with Crippen LogP contribution in [0.15, 0.2) is 37.2 Å². The average Bonchev–Trinajstić information content (AvgIpc) is 2.36. The van der Waals surface area contributed by atoms with E-state index in [2.05, 4.69) is 16.9 Å². The number of pyridine rings is 1. The van der Waals surface area contributed by atoms with E-state index in [9.17, 15) is 9.59 Å². The van der Waals surface area contributed by atoms with Crippen molar-refractivity contribution < 1.29 is 9.59 Å². The van der Waals surface area contributed by atoms with E-state index in [-0.39, 0.29) is 18.4 Å². The molecule has 2 amide bonds. The van der Waals surface area contributed by atoms with E-state index in [1.807, 2.05) is 6.07 Å². The number of hydrogen-bond acceptors (Lipinski definition) is 3. The number of carbonyl (C=O) groups excluding carboxylic acids is 2. The van der Waals surface area contributed by atoms with E-state index in [4.69, 9.17) is 0 Å². The van der Waals surface area contributed by atoms with Gasteiger partial charge >= 0.3 is 0 Å². The average molecular weight is 247 g/mol. The van der Waals surface area contributed by atoms with Crippen molar-refractivity contribution in [3.63, 3.8) is 0 Å². The second-order valence-electron chi connectivity index (χ2n) is 3.83. The lowest BCUT2D eigenvalue weighted by atomic mass is 10.2. The predicted octanol–water partition coefficient (Wildman–Crippen LogP) is 0.732. The van der Waals surface area contributed by atoms with Crippen molar-refractivity contribution >= 4 is 11.8 Å². The second kappa shape index (κ2) is 7.21. The topological polar surface area (TPSA) is 62.3 Å². The fourth-order valence-corrected chi connectivity index (χ4v) is 1.41. The monoisotopic (exact) mass is 247 g/mol. The summed E-state index contributed by atoms with van der Waals surface area (Å²) in [7, 11) is 0. The molecule has 0 saturated carbocycles. The SMILES string of the molecule is C=CCNC(=O)CN(Cc1cccnc1)C(C)=O. The van der Waals surface area contributed by atoms with Gasteiger partial charge in [0.05, 0.1) is 6.54 Å². The zero-order valence-electron chi connectivity index (χ0n) is 10.4. The molecule has 0 fully saturated rings. The van der Waals surface area contributed by atoms with Crippen LogP contribution in [0.2, 0.25) is 0 Å². The largest absolute Gasteiger partial charge is 0.351 e. The number of rotatable bonds is 6. The molecular weight excluding hydrogens is 230 g/mol. The first-order valence-corrected chi connectivity index (χ1v) is 5.65. The lowest BCUT2D eigenvalue weighted by Gasteiger charge is -2.20.